The SMILES string of the molecule is CCOC(=O)c1c(NC(=O)C2CC(=O)N(C(C)C)C2)oc(C)c1C(C)=O. The average molecular weight is 364 g/mol. The molecule has 1 unspecified atom stereocenters. The summed E-state index contributed by atoms with van der Waals surface area (Å²) in [6.45, 7) is 8.67. The van der Waals surface area contributed by atoms with E-state index in [4.69, 9.17) is 9.15 Å². The van der Waals surface area contributed by atoms with Crippen molar-refractivity contribution in [1.29, 1.82) is 0 Å². The molecule has 0 bridgehead atoms. The monoisotopic (exact) mass is 364 g/mol. The first kappa shape index (κ1) is 19.7. The summed E-state index contributed by atoms with van der Waals surface area (Å²) in [5, 5.41) is 2.55. The molecule has 0 spiro atoms. The Bertz CT molecular complexity index is 749. The number of hydrogen-bond donors (Lipinski definition) is 1. The predicted octanol–water partition coefficient (Wildman–Crippen LogP) is 2.16. The number of likely N-dealkylation sites (tertiary alicyclic amines) is 1. The number of hydrogen-bond acceptors (Lipinski definition) is 6. The van der Waals surface area contributed by atoms with E-state index in [1.807, 2.05) is 13.8 Å². The van der Waals surface area contributed by atoms with E-state index in [0.717, 1.165) is 0 Å². The van der Waals surface area contributed by atoms with Crippen LogP contribution in [-0.4, -0.2) is 47.7 Å². The first-order valence-corrected chi connectivity index (χ1v) is 8.59. The number of carbonyl (C=O) groups excluding carboxylic acids is 4. The van der Waals surface area contributed by atoms with Crippen LogP contribution in [0.15, 0.2) is 4.42 Å². The van der Waals surface area contributed by atoms with E-state index in [-0.39, 0.29) is 53.5 Å². The molecule has 26 heavy (non-hydrogen) atoms. The van der Waals surface area contributed by atoms with Gasteiger partial charge in [0.05, 0.1) is 18.1 Å². The van der Waals surface area contributed by atoms with Crippen molar-refractivity contribution in [3.05, 3.63) is 16.9 Å². The summed E-state index contributed by atoms with van der Waals surface area (Å²) in [6.07, 6.45) is 0.0952. The van der Waals surface area contributed by atoms with Crippen molar-refractivity contribution in [2.75, 3.05) is 18.5 Å². The van der Waals surface area contributed by atoms with Crippen LogP contribution in [0.2, 0.25) is 0 Å². The van der Waals surface area contributed by atoms with Crippen molar-refractivity contribution in [3.63, 3.8) is 0 Å². The molecule has 1 saturated heterocycles. The second-order valence-corrected chi connectivity index (χ2v) is 6.54. The van der Waals surface area contributed by atoms with Crippen LogP contribution in [0.3, 0.4) is 0 Å². The molecule has 1 N–H and O–H groups in total. The molecule has 1 atom stereocenters. The second-order valence-electron chi connectivity index (χ2n) is 6.54. The van der Waals surface area contributed by atoms with Crippen LogP contribution in [-0.2, 0) is 14.3 Å². The fourth-order valence-electron chi connectivity index (χ4n) is 3.07. The average Bonchev–Trinajstić information content (AvgIpc) is 3.07. The topological polar surface area (TPSA) is 106 Å². The lowest BCUT2D eigenvalue weighted by molar-refractivity contribution is -0.129. The summed E-state index contributed by atoms with van der Waals surface area (Å²) < 4.78 is 10.4. The first-order chi connectivity index (χ1) is 12.2. The zero-order valence-corrected chi connectivity index (χ0v) is 15.7. The molecule has 1 aromatic rings. The Morgan fingerprint density at radius 1 is 1.31 bits per heavy atom. The number of Topliss-reactive ketones (excluding diaryl/α,β-unsaturated/α-hetero) is 1. The molecule has 1 aromatic heterocycles. The van der Waals surface area contributed by atoms with Gasteiger partial charge in [0.2, 0.25) is 17.7 Å². The number of ketones is 1. The smallest absolute Gasteiger partial charge is 0.344 e. The predicted molar refractivity (Wildman–Crippen MR) is 93.0 cm³/mol. The van der Waals surface area contributed by atoms with Gasteiger partial charge in [-0.05, 0) is 34.6 Å². The Morgan fingerprint density at radius 2 is 1.96 bits per heavy atom. The van der Waals surface area contributed by atoms with Crippen LogP contribution in [0.1, 0.15) is 60.6 Å². The van der Waals surface area contributed by atoms with Crippen LogP contribution in [0.5, 0.6) is 0 Å². The van der Waals surface area contributed by atoms with Crippen LogP contribution >= 0.6 is 0 Å². The highest BCUT2D eigenvalue weighted by atomic mass is 16.5. The molecule has 142 valence electrons. The van der Waals surface area contributed by atoms with Crippen molar-refractivity contribution >= 4 is 29.5 Å². The minimum Gasteiger partial charge on any atom is -0.462 e. The van der Waals surface area contributed by atoms with Crippen molar-refractivity contribution in [3.8, 4) is 0 Å². The minimum atomic E-state index is -0.740. The number of ether oxygens (including phenoxy) is 1. The highest BCUT2D eigenvalue weighted by Crippen LogP contribution is 2.30. The lowest BCUT2D eigenvalue weighted by Crippen LogP contribution is -2.33. The Balaban J connectivity index is 2.28. The number of carbonyl (C=O) groups is 4. The lowest BCUT2D eigenvalue weighted by Gasteiger charge is -2.20. The van der Waals surface area contributed by atoms with Gasteiger partial charge in [0, 0.05) is 19.0 Å². The summed E-state index contributed by atoms with van der Waals surface area (Å²) >= 11 is 0. The molecule has 0 radical (unpaired) electrons. The van der Waals surface area contributed by atoms with Gasteiger partial charge in [-0.1, -0.05) is 0 Å². The largest absolute Gasteiger partial charge is 0.462 e. The number of furan rings is 1. The summed E-state index contributed by atoms with van der Waals surface area (Å²) in [5.41, 5.74) is 0.000273. The number of rotatable bonds is 6. The number of nitrogens with zero attached hydrogens (tertiary/aromatic N) is 1. The molecular weight excluding hydrogens is 340 g/mol. The quantitative estimate of drug-likeness (QED) is 0.612. The molecule has 2 heterocycles. The van der Waals surface area contributed by atoms with Crippen molar-refractivity contribution < 1.29 is 28.3 Å². The van der Waals surface area contributed by atoms with Crippen molar-refractivity contribution in [1.82, 2.24) is 4.90 Å². The molecule has 2 rings (SSSR count). The van der Waals surface area contributed by atoms with Crippen LogP contribution in [0.25, 0.3) is 0 Å². The van der Waals surface area contributed by atoms with E-state index in [2.05, 4.69) is 5.32 Å². The summed E-state index contributed by atoms with van der Waals surface area (Å²) in [7, 11) is 0. The van der Waals surface area contributed by atoms with Gasteiger partial charge < -0.3 is 14.1 Å². The van der Waals surface area contributed by atoms with E-state index in [0.29, 0.717) is 6.54 Å². The molecule has 0 aliphatic carbocycles. The third-order valence-electron chi connectivity index (χ3n) is 4.31. The number of amides is 2. The molecule has 0 saturated carbocycles. The first-order valence-electron chi connectivity index (χ1n) is 8.59. The Morgan fingerprint density at radius 3 is 2.46 bits per heavy atom. The van der Waals surface area contributed by atoms with Gasteiger partial charge in [0.25, 0.3) is 0 Å². The molecule has 1 aliphatic rings. The standard InChI is InChI=1S/C18H24N2O6/c1-6-25-18(24)15-14(10(4)21)11(5)26-17(15)19-16(23)12-7-13(22)20(8-12)9(2)3/h9,12H,6-8H2,1-5H3,(H,19,23). The zero-order valence-electron chi connectivity index (χ0n) is 15.7. The van der Waals surface area contributed by atoms with Gasteiger partial charge in [0.15, 0.2) is 5.78 Å². The Kier molecular flexibility index (Phi) is 5.84. The number of aryl methyl sites for hydroxylation is 1. The summed E-state index contributed by atoms with van der Waals surface area (Å²) in [5.74, 6) is -2.07. The minimum absolute atomic E-state index is 0.00515. The molecule has 0 aromatic carbocycles. The maximum absolute atomic E-state index is 12.6. The Labute approximate surface area is 151 Å². The number of anilines is 1. The zero-order chi connectivity index (χ0) is 19.6. The van der Waals surface area contributed by atoms with E-state index < -0.39 is 17.8 Å². The molecule has 1 aliphatic heterocycles. The Hall–Kier alpha value is -2.64. The highest BCUT2D eigenvalue weighted by Gasteiger charge is 2.37. The summed E-state index contributed by atoms with van der Waals surface area (Å²) in [6, 6.07) is 0.00515. The maximum Gasteiger partial charge on any atom is 0.344 e. The summed E-state index contributed by atoms with van der Waals surface area (Å²) in [4.78, 5) is 50.3. The molecule has 2 amide bonds. The molecule has 8 nitrogen and oxygen atoms in total. The van der Waals surface area contributed by atoms with Gasteiger partial charge in [-0.15, -0.1) is 0 Å². The number of esters is 1. The van der Waals surface area contributed by atoms with E-state index in [1.54, 1.807) is 11.8 Å². The van der Waals surface area contributed by atoms with Crippen molar-refractivity contribution in [2.24, 2.45) is 5.92 Å². The third kappa shape index (κ3) is 3.79. The van der Waals surface area contributed by atoms with Crippen LogP contribution < -0.4 is 5.32 Å². The number of nitrogens with one attached hydrogen (secondary N) is 1. The van der Waals surface area contributed by atoms with E-state index in [1.165, 1.54) is 13.8 Å². The lowest BCUT2D eigenvalue weighted by atomic mass is 10.1. The van der Waals surface area contributed by atoms with E-state index in [9.17, 15) is 19.2 Å². The fourth-order valence-corrected chi connectivity index (χ4v) is 3.07. The molecular formula is C18H24N2O6. The highest BCUT2D eigenvalue weighted by molar-refractivity contribution is 6.11. The second kappa shape index (κ2) is 7.72. The third-order valence-corrected chi connectivity index (χ3v) is 4.31. The van der Waals surface area contributed by atoms with E-state index >= 15 is 0 Å². The van der Waals surface area contributed by atoms with Gasteiger partial charge in [-0.3, -0.25) is 19.7 Å². The molecule has 8 heteroatoms. The maximum atomic E-state index is 12.6. The van der Waals surface area contributed by atoms with Gasteiger partial charge in [-0.25, -0.2) is 4.79 Å². The normalized spacial score (nSPS) is 16.9. The van der Waals surface area contributed by atoms with Crippen LogP contribution in [0.4, 0.5) is 5.88 Å². The fraction of sp³-hybridized carbons (Fsp3) is 0.556. The van der Waals surface area contributed by atoms with Gasteiger partial charge in [-0.2, -0.15) is 0 Å². The van der Waals surface area contributed by atoms with Gasteiger partial charge in [0.1, 0.15) is 11.3 Å². The molecule has 1 fully saturated rings. The van der Waals surface area contributed by atoms with Gasteiger partial charge >= 0.3 is 5.97 Å². The van der Waals surface area contributed by atoms with Crippen molar-refractivity contribution in [2.45, 2.75) is 47.1 Å². The van der Waals surface area contributed by atoms with Crippen LogP contribution in [0, 0.1) is 12.8 Å².